The number of piperidine rings is 1. The molecule has 1 aromatic carbocycles. The van der Waals surface area contributed by atoms with Crippen LogP contribution in [0.1, 0.15) is 55.5 Å². The predicted octanol–water partition coefficient (Wildman–Crippen LogP) is 4.03. The van der Waals surface area contributed by atoms with E-state index in [2.05, 4.69) is 17.1 Å². The van der Waals surface area contributed by atoms with Crippen LogP contribution in [0.5, 0.6) is 0 Å². The van der Waals surface area contributed by atoms with E-state index < -0.39 is 11.7 Å². The second-order valence-electron chi connectivity index (χ2n) is 7.44. The fourth-order valence-electron chi connectivity index (χ4n) is 3.45. The number of likely N-dealkylation sites (tertiary alicyclic amines) is 1. The molecule has 164 valence electrons. The monoisotopic (exact) mass is 425 g/mol. The van der Waals surface area contributed by atoms with Crippen molar-refractivity contribution in [3.05, 3.63) is 47.2 Å². The molecule has 1 unspecified atom stereocenters. The zero-order valence-electron chi connectivity index (χ0n) is 17.0. The lowest BCUT2D eigenvalue weighted by atomic mass is 10.1. The van der Waals surface area contributed by atoms with E-state index >= 15 is 0 Å². The van der Waals surface area contributed by atoms with Gasteiger partial charge in [-0.05, 0) is 30.9 Å². The lowest BCUT2D eigenvalue weighted by Gasteiger charge is -2.32. The number of aryl methyl sites for hydroxylation is 1. The number of carbonyl (C=O) groups excluding carboxylic acids is 1. The van der Waals surface area contributed by atoms with E-state index in [1.54, 1.807) is 6.07 Å². The fourth-order valence-corrected chi connectivity index (χ4v) is 3.45. The molecule has 0 radical (unpaired) electrons. The molecule has 0 bridgehead atoms. The van der Waals surface area contributed by atoms with Gasteiger partial charge in [-0.3, -0.25) is 4.79 Å². The van der Waals surface area contributed by atoms with Gasteiger partial charge in [0.25, 0.3) is 0 Å². The average Bonchev–Trinajstić information content (AvgIpc) is 3.17. The van der Waals surface area contributed by atoms with Crippen LogP contribution in [0.4, 0.5) is 13.2 Å². The first-order valence-corrected chi connectivity index (χ1v) is 10.2. The molecular weight excluding hydrogens is 399 g/mol. The van der Waals surface area contributed by atoms with Gasteiger partial charge in [-0.1, -0.05) is 25.1 Å². The normalized spacial score (nSPS) is 17.3. The van der Waals surface area contributed by atoms with E-state index in [0.29, 0.717) is 31.0 Å². The summed E-state index contributed by atoms with van der Waals surface area (Å²) in [6.45, 7) is 4.07. The van der Waals surface area contributed by atoms with Crippen LogP contribution in [-0.2, 0) is 28.5 Å². The van der Waals surface area contributed by atoms with Gasteiger partial charge in [0.1, 0.15) is 0 Å². The number of alkyl halides is 3. The summed E-state index contributed by atoms with van der Waals surface area (Å²) >= 11 is 0. The van der Waals surface area contributed by atoms with Crippen molar-refractivity contribution in [2.24, 2.45) is 0 Å². The first-order chi connectivity index (χ1) is 14.3. The summed E-state index contributed by atoms with van der Waals surface area (Å²) in [6.07, 6.45) is -0.834. The van der Waals surface area contributed by atoms with Crippen LogP contribution < -0.4 is 0 Å². The Labute approximate surface area is 173 Å². The van der Waals surface area contributed by atoms with Crippen molar-refractivity contribution in [2.45, 2.75) is 57.7 Å². The van der Waals surface area contributed by atoms with Gasteiger partial charge in [0, 0.05) is 32.5 Å². The van der Waals surface area contributed by atoms with E-state index in [0.717, 1.165) is 37.9 Å². The molecule has 1 amide bonds. The molecule has 2 aromatic rings. The van der Waals surface area contributed by atoms with Gasteiger partial charge in [0.05, 0.1) is 18.1 Å². The fraction of sp³-hybridized carbons (Fsp3) is 0.571. The lowest BCUT2D eigenvalue weighted by Crippen LogP contribution is -2.43. The average molecular weight is 425 g/mol. The summed E-state index contributed by atoms with van der Waals surface area (Å²) in [7, 11) is 0. The number of hydrogen-bond donors (Lipinski definition) is 0. The molecular formula is C21H26F3N3O3. The van der Waals surface area contributed by atoms with Gasteiger partial charge in [-0.15, -0.1) is 10.2 Å². The molecule has 3 rings (SSSR count). The molecule has 9 heteroatoms. The first-order valence-electron chi connectivity index (χ1n) is 10.2. The Bertz CT molecular complexity index is 838. The molecule has 6 nitrogen and oxygen atoms in total. The molecule has 1 fully saturated rings. The minimum absolute atomic E-state index is 0.0115. The molecule has 0 N–H and O–H groups in total. The Hall–Kier alpha value is -2.42. The molecule has 1 aliphatic heterocycles. The second kappa shape index (κ2) is 10.1. The van der Waals surface area contributed by atoms with Gasteiger partial charge in [0.15, 0.2) is 0 Å². The molecule has 1 aliphatic rings. The number of nitrogens with zero attached hydrogens (tertiary/aromatic N) is 3. The third kappa shape index (κ3) is 6.29. The van der Waals surface area contributed by atoms with E-state index in [4.69, 9.17) is 9.15 Å². The Morgan fingerprint density at radius 1 is 1.30 bits per heavy atom. The van der Waals surface area contributed by atoms with Gasteiger partial charge in [0.2, 0.25) is 17.7 Å². The number of halogens is 3. The van der Waals surface area contributed by atoms with Crippen LogP contribution in [-0.4, -0.2) is 46.8 Å². The summed E-state index contributed by atoms with van der Waals surface area (Å²) in [5.74, 6) is 0.543. The van der Waals surface area contributed by atoms with Gasteiger partial charge in [-0.2, -0.15) is 13.2 Å². The maximum Gasteiger partial charge on any atom is 0.416 e. The summed E-state index contributed by atoms with van der Waals surface area (Å²) in [5, 5.41) is 7.82. The highest BCUT2D eigenvalue weighted by Crippen LogP contribution is 2.30. The quantitative estimate of drug-likeness (QED) is 0.639. The number of ether oxygens (including phenoxy) is 1. The maximum atomic E-state index is 12.8. The van der Waals surface area contributed by atoms with Crippen molar-refractivity contribution in [2.75, 3.05) is 19.7 Å². The van der Waals surface area contributed by atoms with Crippen LogP contribution >= 0.6 is 0 Å². The smallest absolute Gasteiger partial charge is 0.416 e. The molecule has 30 heavy (non-hydrogen) atoms. The number of carbonyl (C=O) groups is 1. The van der Waals surface area contributed by atoms with Crippen LogP contribution in [0.15, 0.2) is 28.7 Å². The van der Waals surface area contributed by atoms with Crippen LogP contribution in [0, 0.1) is 0 Å². The number of amides is 1. The third-order valence-electron chi connectivity index (χ3n) is 4.96. The second-order valence-corrected chi connectivity index (χ2v) is 7.44. The Balaban J connectivity index is 1.50. The molecule has 0 aliphatic carbocycles. The summed E-state index contributed by atoms with van der Waals surface area (Å²) < 4.78 is 49.8. The van der Waals surface area contributed by atoms with Gasteiger partial charge >= 0.3 is 6.18 Å². The topological polar surface area (TPSA) is 68.5 Å². The largest absolute Gasteiger partial charge is 0.425 e. The minimum Gasteiger partial charge on any atom is -0.425 e. The number of hydrogen-bond acceptors (Lipinski definition) is 5. The first kappa shape index (κ1) is 22.3. The molecule has 1 atom stereocenters. The number of benzene rings is 1. The maximum absolute atomic E-state index is 12.8. The highest BCUT2D eigenvalue weighted by molar-refractivity contribution is 5.76. The van der Waals surface area contributed by atoms with Crippen molar-refractivity contribution in [3.8, 4) is 0 Å². The lowest BCUT2D eigenvalue weighted by molar-refractivity contribution is -0.137. The van der Waals surface area contributed by atoms with Gasteiger partial charge < -0.3 is 14.1 Å². The number of aromatic nitrogens is 2. The van der Waals surface area contributed by atoms with E-state index in [1.165, 1.54) is 6.07 Å². The number of rotatable bonds is 8. The SMILES string of the molecule is CCCOC1CCCN(C(=O)CCc2nnc(Cc3cccc(C(F)(F)F)c3)o2)C1. The van der Waals surface area contributed by atoms with Crippen molar-refractivity contribution in [1.29, 1.82) is 0 Å². The van der Waals surface area contributed by atoms with Crippen LogP contribution in [0.2, 0.25) is 0 Å². The Morgan fingerprint density at radius 3 is 2.87 bits per heavy atom. The molecule has 0 spiro atoms. The van der Waals surface area contributed by atoms with Crippen LogP contribution in [0.25, 0.3) is 0 Å². The zero-order chi connectivity index (χ0) is 21.6. The van der Waals surface area contributed by atoms with Crippen molar-refractivity contribution in [3.63, 3.8) is 0 Å². The predicted molar refractivity (Wildman–Crippen MR) is 103 cm³/mol. The Morgan fingerprint density at radius 2 is 2.10 bits per heavy atom. The summed E-state index contributed by atoms with van der Waals surface area (Å²) in [5.41, 5.74) is -0.282. The molecule has 0 saturated carbocycles. The summed E-state index contributed by atoms with van der Waals surface area (Å²) in [4.78, 5) is 14.3. The van der Waals surface area contributed by atoms with Crippen LogP contribution in [0.3, 0.4) is 0 Å². The zero-order valence-corrected chi connectivity index (χ0v) is 17.0. The molecule has 1 aromatic heterocycles. The van der Waals surface area contributed by atoms with E-state index in [1.807, 2.05) is 4.90 Å². The Kier molecular flexibility index (Phi) is 7.47. The molecule has 1 saturated heterocycles. The molecule has 2 heterocycles. The third-order valence-corrected chi connectivity index (χ3v) is 4.96. The highest BCUT2D eigenvalue weighted by Gasteiger charge is 2.30. The highest BCUT2D eigenvalue weighted by atomic mass is 19.4. The van der Waals surface area contributed by atoms with E-state index in [9.17, 15) is 18.0 Å². The van der Waals surface area contributed by atoms with Crippen molar-refractivity contribution >= 4 is 5.91 Å². The van der Waals surface area contributed by atoms with E-state index in [-0.39, 0.29) is 30.7 Å². The van der Waals surface area contributed by atoms with Crippen molar-refractivity contribution < 1.29 is 27.1 Å². The standard InChI is InChI=1S/C21H26F3N3O3/c1-2-11-29-17-7-4-10-27(14-17)20(28)9-8-18-25-26-19(30-18)13-15-5-3-6-16(12-15)21(22,23)24/h3,5-6,12,17H,2,4,7-11,13-14H2,1H3. The van der Waals surface area contributed by atoms with Crippen molar-refractivity contribution in [1.82, 2.24) is 15.1 Å². The van der Waals surface area contributed by atoms with Gasteiger partial charge in [-0.25, -0.2) is 0 Å². The summed E-state index contributed by atoms with van der Waals surface area (Å²) in [6, 6.07) is 5.02. The minimum atomic E-state index is -4.40.